The Kier molecular flexibility index (Phi) is 4.81. The van der Waals surface area contributed by atoms with E-state index in [0.29, 0.717) is 0 Å². The van der Waals surface area contributed by atoms with Crippen molar-refractivity contribution in [1.29, 1.82) is 0 Å². The highest BCUT2D eigenvalue weighted by atomic mass is 16.3. The van der Waals surface area contributed by atoms with Crippen molar-refractivity contribution in [1.82, 2.24) is 5.32 Å². The highest BCUT2D eigenvalue weighted by Gasteiger charge is 2.10. The van der Waals surface area contributed by atoms with E-state index in [0.717, 1.165) is 0 Å². The van der Waals surface area contributed by atoms with Crippen LogP contribution < -0.4 is 5.32 Å². The van der Waals surface area contributed by atoms with Gasteiger partial charge in [0.25, 0.3) is 0 Å². The van der Waals surface area contributed by atoms with Crippen LogP contribution in [0.15, 0.2) is 0 Å². The van der Waals surface area contributed by atoms with Crippen LogP contribution >= 0.6 is 0 Å². The van der Waals surface area contributed by atoms with Crippen LogP contribution in [0.25, 0.3) is 0 Å². The van der Waals surface area contributed by atoms with Gasteiger partial charge in [0, 0.05) is 6.54 Å². The standard InChI is InChI=1S/C7H15NO3/c1-5(4-9)7(11)8-3-6(2)10/h5-6,9-10H,3-4H2,1-2H3,(H,8,11). The Morgan fingerprint density at radius 2 is 2.09 bits per heavy atom. The van der Waals surface area contributed by atoms with Gasteiger partial charge in [-0.1, -0.05) is 6.92 Å². The molecule has 0 fully saturated rings. The third-order valence-electron chi connectivity index (χ3n) is 1.29. The molecule has 0 radical (unpaired) electrons. The number of amides is 1. The first-order valence-corrected chi connectivity index (χ1v) is 3.64. The van der Waals surface area contributed by atoms with Gasteiger partial charge < -0.3 is 15.5 Å². The average Bonchev–Trinajstić information content (AvgIpc) is 1.98. The molecule has 0 heterocycles. The first-order valence-electron chi connectivity index (χ1n) is 3.64. The molecule has 0 aliphatic rings. The molecule has 11 heavy (non-hydrogen) atoms. The molecular formula is C7H15NO3. The number of hydrogen-bond donors (Lipinski definition) is 3. The Bertz CT molecular complexity index is 125. The van der Waals surface area contributed by atoms with Crippen molar-refractivity contribution in [2.45, 2.75) is 20.0 Å². The molecule has 0 bridgehead atoms. The number of carbonyl (C=O) groups is 1. The molecule has 0 aromatic heterocycles. The van der Waals surface area contributed by atoms with Crippen molar-refractivity contribution in [3.05, 3.63) is 0 Å². The number of hydrogen-bond acceptors (Lipinski definition) is 3. The minimum atomic E-state index is -0.537. The van der Waals surface area contributed by atoms with Crippen molar-refractivity contribution >= 4 is 5.91 Å². The number of aliphatic hydroxyl groups is 2. The maximum atomic E-state index is 10.9. The highest BCUT2D eigenvalue weighted by Crippen LogP contribution is 1.91. The fourth-order valence-corrected chi connectivity index (χ4v) is 0.505. The molecule has 4 nitrogen and oxygen atoms in total. The summed E-state index contributed by atoms with van der Waals surface area (Å²) < 4.78 is 0. The highest BCUT2D eigenvalue weighted by molar-refractivity contribution is 5.78. The van der Waals surface area contributed by atoms with Gasteiger partial charge >= 0.3 is 0 Å². The van der Waals surface area contributed by atoms with Crippen molar-refractivity contribution in [3.8, 4) is 0 Å². The molecule has 2 atom stereocenters. The van der Waals surface area contributed by atoms with E-state index in [-0.39, 0.29) is 19.1 Å². The summed E-state index contributed by atoms with van der Waals surface area (Å²) in [5, 5.41) is 19.8. The van der Waals surface area contributed by atoms with E-state index < -0.39 is 12.0 Å². The minimum Gasteiger partial charge on any atom is -0.396 e. The summed E-state index contributed by atoms with van der Waals surface area (Å²) in [6.45, 7) is 3.29. The second-order valence-corrected chi connectivity index (χ2v) is 2.68. The summed E-state index contributed by atoms with van der Waals surface area (Å²) in [7, 11) is 0. The molecule has 0 aliphatic carbocycles. The van der Waals surface area contributed by atoms with Crippen molar-refractivity contribution in [2.75, 3.05) is 13.2 Å². The van der Waals surface area contributed by atoms with Gasteiger partial charge in [0.05, 0.1) is 18.6 Å². The summed E-state index contributed by atoms with van der Waals surface area (Å²) >= 11 is 0. The Morgan fingerprint density at radius 3 is 2.45 bits per heavy atom. The van der Waals surface area contributed by atoms with Gasteiger partial charge in [0.2, 0.25) is 5.91 Å². The van der Waals surface area contributed by atoms with E-state index in [1.165, 1.54) is 0 Å². The predicted molar refractivity (Wildman–Crippen MR) is 40.9 cm³/mol. The summed E-state index contributed by atoms with van der Waals surface area (Å²) in [6, 6.07) is 0. The Balaban J connectivity index is 3.52. The molecule has 0 aromatic rings. The van der Waals surface area contributed by atoms with Crippen LogP contribution in [-0.2, 0) is 4.79 Å². The second kappa shape index (κ2) is 5.09. The molecule has 0 rings (SSSR count). The van der Waals surface area contributed by atoms with Gasteiger partial charge in [-0.25, -0.2) is 0 Å². The van der Waals surface area contributed by atoms with Crippen LogP contribution in [0.4, 0.5) is 0 Å². The Hall–Kier alpha value is -0.610. The quantitative estimate of drug-likeness (QED) is 0.501. The maximum absolute atomic E-state index is 10.9. The average molecular weight is 161 g/mol. The largest absolute Gasteiger partial charge is 0.396 e. The Labute approximate surface area is 66.2 Å². The first kappa shape index (κ1) is 10.4. The van der Waals surface area contributed by atoms with Crippen molar-refractivity contribution < 1.29 is 15.0 Å². The van der Waals surface area contributed by atoms with Crippen molar-refractivity contribution in [3.63, 3.8) is 0 Å². The van der Waals surface area contributed by atoms with Crippen LogP contribution in [0.5, 0.6) is 0 Å². The monoisotopic (exact) mass is 161 g/mol. The lowest BCUT2D eigenvalue weighted by Gasteiger charge is -2.10. The molecule has 0 aromatic carbocycles. The zero-order valence-electron chi connectivity index (χ0n) is 6.87. The maximum Gasteiger partial charge on any atom is 0.225 e. The minimum absolute atomic E-state index is 0.161. The molecule has 0 saturated heterocycles. The molecular weight excluding hydrogens is 146 g/mol. The molecule has 0 aliphatic heterocycles. The zero-order chi connectivity index (χ0) is 8.85. The lowest BCUT2D eigenvalue weighted by molar-refractivity contribution is -0.126. The number of carbonyl (C=O) groups excluding carboxylic acids is 1. The van der Waals surface area contributed by atoms with Crippen LogP contribution in [0, 0.1) is 5.92 Å². The van der Waals surface area contributed by atoms with E-state index in [2.05, 4.69) is 5.32 Å². The molecule has 0 spiro atoms. The zero-order valence-corrected chi connectivity index (χ0v) is 6.87. The van der Waals surface area contributed by atoms with E-state index in [1.807, 2.05) is 0 Å². The van der Waals surface area contributed by atoms with Crippen LogP contribution in [-0.4, -0.2) is 35.4 Å². The number of nitrogens with one attached hydrogen (secondary N) is 1. The third kappa shape index (κ3) is 4.75. The fourth-order valence-electron chi connectivity index (χ4n) is 0.505. The van der Waals surface area contributed by atoms with Gasteiger partial charge in [0.15, 0.2) is 0 Å². The lowest BCUT2D eigenvalue weighted by Crippen LogP contribution is -2.35. The second-order valence-electron chi connectivity index (χ2n) is 2.68. The van der Waals surface area contributed by atoms with Gasteiger partial charge in [-0.3, -0.25) is 4.79 Å². The van der Waals surface area contributed by atoms with E-state index in [9.17, 15) is 4.79 Å². The third-order valence-corrected chi connectivity index (χ3v) is 1.29. The SMILES string of the molecule is CC(O)CNC(=O)C(C)CO. The first-order chi connectivity index (χ1) is 5.07. The fraction of sp³-hybridized carbons (Fsp3) is 0.857. The van der Waals surface area contributed by atoms with E-state index in [1.54, 1.807) is 13.8 Å². The molecule has 3 N–H and O–H groups in total. The van der Waals surface area contributed by atoms with Crippen molar-refractivity contribution in [2.24, 2.45) is 5.92 Å². The molecule has 0 saturated carbocycles. The molecule has 66 valence electrons. The van der Waals surface area contributed by atoms with E-state index in [4.69, 9.17) is 10.2 Å². The Morgan fingerprint density at radius 1 is 1.55 bits per heavy atom. The summed E-state index contributed by atoms with van der Waals surface area (Å²) in [6.07, 6.45) is -0.537. The summed E-state index contributed by atoms with van der Waals surface area (Å²) in [5.74, 6) is -0.623. The summed E-state index contributed by atoms with van der Waals surface area (Å²) in [4.78, 5) is 10.9. The van der Waals surface area contributed by atoms with Gasteiger partial charge in [-0.05, 0) is 6.92 Å². The van der Waals surface area contributed by atoms with Gasteiger partial charge in [-0.15, -0.1) is 0 Å². The van der Waals surface area contributed by atoms with Crippen LogP contribution in [0.3, 0.4) is 0 Å². The predicted octanol–water partition coefficient (Wildman–Crippen LogP) is -0.888. The summed E-state index contributed by atoms with van der Waals surface area (Å²) in [5.41, 5.74) is 0. The number of aliphatic hydroxyl groups excluding tert-OH is 2. The lowest BCUT2D eigenvalue weighted by atomic mass is 10.2. The van der Waals surface area contributed by atoms with Gasteiger partial charge in [-0.2, -0.15) is 0 Å². The van der Waals surface area contributed by atoms with E-state index >= 15 is 0 Å². The topological polar surface area (TPSA) is 69.6 Å². The molecule has 4 heteroatoms. The normalized spacial score (nSPS) is 15.6. The molecule has 2 unspecified atom stereocenters. The van der Waals surface area contributed by atoms with Gasteiger partial charge in [0.1, 0.15) is 0 Å². The molecule has 1 amide bonds. The smallest absolute Gasteiger partial charge is 0.225 e. The van der Waals surface area contributed by atoms with Crippen LogP contribution in [0.2, 0.25) is 0 Å². The van der Waals surface area contributed by atoms with Crippen LogP contribution in [0.1, 0.15) is 13.8 Å². The number of rotatable bonds is 4.